The molecule has 1 aromatic carbocycles. The van der Waals surface area contributed by atoms with E-state index in [2.05, 4.69) is 5.32 Å². The first kappa shape index (κ1) is 13.5. The summed E-state index contributed by atoms with van der Waals surface area (Å²) >= 11 is 0. The van der Waals surface area contributed by atoms with Crippen molar-refractivity contribution in [2.45, 2.75) is 18.9 Å². The molecule has 1 amide bonds. The van der Waals surface area contributed by atoms with Crippen LogP contribution in [0.2, 0.25) is 0 Å². The van der Waals surface area contributed by atoms with Crippen LogP contribution in [0.1, 0.15) is 24.5 Å². The monoisotopic (exact) mass is 263 g/mol. The van der Waals surface area contributed by atoms with Gasteiger partial charge in [-0.2, -0.15) is 0 Å². The van der Waals surface area contributed by atoms with Gasteiger partial charge >= 0.3 is 5.97 Å². The molecule has 0 aliphatic carbocycles. The average Bonchev–Trinajstić information content (AvgIpc) is 2.45. The van der Waals surface area contributed by atoms with Crippen LogP contribution in [0.3, 0.4) is 0 Å². The van der Waals surface area contributed by atoms with E-state index < -0.39 is 5.97 Å². The predicted octanol–water partition coefficient (Wildman–Crippen LogP) is 1.36. The fourth-order valence-corrected chi connectivity index (χ4v) is 2.31. The number of carbonyl (C=O) groups is 2. The van der Waals surface area contributed by atoms with Crippen LogP contribution in [0.15, 0.2) is 30.3 Å². The van der Waals surface area contributed by atoms with Crippen molar-refractivity contribution < 1.29 is 19.4 Å². The third kappa shape index (κ3) is 3.54. The highest BCUT2D eigenvalue weighted by Gasteiger charge is 2.32. The Hall–Kier alpha value is -1.88. The van der Waals surface area contributed by atoms with Gasteiger partial charge in [-0.15, -0.1) is 0 Å². The van der Waals surface area contributed by atoms with Gasteiger partial charge in [0.05, 0.1) is 12.0 Å². The molecule has 1 aromatic rings. The number of hydrogen-bond acceptors (Lipinski definition) is 3. The quantitative estimate of drug-likeness (QED) is 0.860. The molecule has 1 saturated heterocycles. The fourth-order valence-electron chi connectivity index (χ4n) is 2.31. The molecule has 2 atom stereocenters. The average molecular weight is 263 g/mol. The van der Waals surface area contributed by atoms with Crippen LogP contribution in [0.4, 0.5) is 0 Å². The molecule has 1 aliphatic rings. The molecule has 0 spiro atoms. The van der Waals surface area contributed by atoms with Crippen molar-refractivity contribution in [3.8, 4) is 0 Å². The second-order valence-corrected chi connectivity index (χ2v) is 4.56. The van der Waals surface area contributed by atoms with Crippen LogP contribution in [-0.4, -0.2) is 30.1 Å². The number of carboxylic acid groups (broad SMARTS) is 1. The predicted molar refractivity (Wildman–Crippen MR) is 68.5 cm³/mol. The van der Waals surface area contributed by atoms with Crippen LogP contribution in [0, 0.1) is 5.92 Å². The van der Waals surface area contributed by atoms with E-state index in [0.29, 0.717) is 13.0 Å². The van der Waals surface area contributed by atoms with E-state index in [4.69, 9.17) is 9.84 Å². The number of ether oxygens (including phenoxy) is 1. The summed E-state index contributed by atoms with van der Waals surface area (Å²) in [6.07, 6.45) is 1.24. The van der Waals surface area contributed by atoms with Gasteiger partial charge in [0.15, 0.2) is 0 Å². The second-order valence-electron chi connectivity index (χ2n) is 4.56. The van der Waals surface area contributed by atoms with Crippen molar-refractivity contribution in [1.82, 2.24) is 5.32 Å². The van der Waals surface area contributed by atoms with E-state index >= 15 is 0 Å². The Balaban J connectivity index is 2.08. The number of aliphatic carboxylic acids is 1. The lowest BCUT2D eigenvalue weighted by atomic mass is 9.89. The van der Waals surface area contributed by atoms with E-state index in [-0.39, 0.29) is 24.5 Å². The summed E-state index contributed by atoms with van der Waals surface area (Å²) in [7, 11) is 0. The van der Waals surface area contributed by atoms with Gasteiger partial charge in [0.1, 0.15) is 6.54 Å². The molecular weight excluding hydrogens is 246 g/mol. The van der Waals surface area contributed by atoms with E-state index in [1.807, 2.05) is 30.3 Å². The Kier molecular flexibility index (Phi) is 4.52. The highest BCUT2D eigenvalue weighted by Crippen LogP contribution is 2.33. The molecule has 2 N–H and O–H groups in total. The first-order chi connectivity index (χ1) is 9.18. The lowest BCUT2D eigenvalue weighted by molar-refractivity contribution is -0.141. The van der Waals surface area contributed by atoms with Gasteiger partial charge in [0.2, 0.25) is 5.91 Å². The van der Waals surface area contributed by atoms with Crippen molar-refractivity contribution in [3.63, 3.8) is 0 Å². The fraction of sp³-hybridized carbons (Fsp3) is 0.429. The number of carboxylic acids is 1. The Morgan fingerprint density at radius 3 is 2.74 bits per heavy atom. The Morgan fingerprint density at radius 2 is 2.05 bits per heavy atom. The van der Waals surface area contributed by atoms with Gasteiger partial charge in [-0.25, -0.2) is 0 Å². The van der Waals surface area contributed by atoms with Crippen molar-refractivity contribution in [1.29, 1.82) is 0 Å². The molecule has 1 heterocycles. The summed E-state index contributed by atoms with van der Waals surface area (Å²) in [5, 5.41) is 11.0. The normalized spacial score (nSPS) is 22.7. The molecule has 5 heteroatoms. The molecule has 19 heavy (non-hydrogen) atoms. The van der Waals surface area contributed by atoms with Crippen molar-refractivity contribution in [2.24, 2.45) is 5.92 Å². The largest absolute Gasteiger partial charge is 0.480 e. The molecule has 2 rings (SSSR count). The Labute approximate surface area is 111 Å². The molecule has 0 aromatic heterocycles. The first-order valence-electron chi connectivity index (χ1n) is 6.34. The zero-order valence-electron chi connectivity index (χ0n) is 10.5. The van der Waals surface area contributed by atoms with Crippen LogP contribution in [0.25, 0.3) is 0 Å². The number of nitrogens with one attached hydrogen (secondary N) is 1. The van der Waals surface area contributed by atoms with Crippen LogP contribution >= 0.6 is 0 Å². The zero-order chi connectivity index (χ0) is 13.7. The topological polar surface area (TPSA) is 75.6 Å². The minimum Gasteiger partial charge on any atom is -0.480 e. The molecule has 0 bridgehead atoms. The smallest absolute Gasteiger partial charge is 0.322 e. The maximum Gasteiger partial charge on any atom is 0.322 e. The highest BCUT2D eigenvalue weighted by atomic mass is 16.5. The van der Waals surface area contributed by atoms with Crippen molar-refractivity contribution >= 4 is 11.9 Å². The number of rotatable bonds is 4. The highest BCUT2D eigenvalue weighted by molar-refractivity contribution is 5.83. The summed E-state index contributed by atoms with van der Waals surface area (Å²) in [5.74, 6) is -1.62. The third-order valence-electron chi connectivity index (χ3n) is 3.20. The van der Waals surface area contributed by atoms with Gasteiger partial charge in [0, 0.05) is 6.61 Å². The number of amides is 1. The lowest BCUT2D eigenvalue weighted by Crippen LogP contribution is -2.39. The molecule has 1 fully saturated rings. The Bertz CT molecular complexity index is 446. The number of benzene rings is 1. The first-order valence-corrected chi connectivity index (χ1v) is 6.34. The van der Waals surface area contributed by atoms with E-state index in [0.717, 1.165) is 12.0 Å². The second kappa shape index (κ2) is 6.33. The number of carbonyl (C=O) groups excluding carboxylic acids is 1. The van der Waals surface area contributed by atoms with Crippen LogP contribution in [0.5, 0.6) is 0 Å². The van der Waals surface area contributed by atoms with Gasteiger partial charge in [-0.1, -0.05) is 30.3 Å². The summed E-state index contributed by atoms with van der Waals surface area (Å²) in [4.78, 5) is 22.5. The van der Waals surface area contributed by atoms with Gasteiger partial charge in [-0.05, 0) is 18.4 Å². The SMILES string of the molecule is O=C(O)CNC(=O)C1CCCOC1c1ccccc1. The Morgan fingerprint density at radius 1 is 1.32 bits per heavy atom. The van der Waals surface area contributed by atoms with Gasteiger partial charge in [-0.3, -0.25) is 9.59 Å². The third-order valence-corrected chi connectivity index (χ3v) is 3.20. The minimum absolute atomic E-state index is 0.254. The summed E-state index contributed by atoms with van der Waals surface area (Å²) < 4.78 is 5.70. The van der Waals surface area contributed by atoms with Crippen molar-refractivity contribution in [3.05, 3.63) is 35.9 Å². The summed E-state index contributed by atoms with van der Waals surface area (Å²) in [6, 6.07) is 9.56. The molecule has 5 nitrogen and oxygen atoms in total. The molecule has 0 saturated carbocycles. The molecule has 102 valence electrons. The molecule has 1 aliphatic heterocycles. The van der Waals surface area contributed by atoms with Crippen molar-refractivity contribution in [2.75, 3.05) is 13.2 Å². The van der Waals surface area contributed by atoms with Crippen LogP contribution in [-0.2, 0) is 14.3 Å². The summed E-state index contributed by atoms with van der Waals surface area (Å²) in [5.41, 5.74) is 0.956. The maximum absolute atomic E-state index is 12.0. The lowest BCUT2D eigenvalue weighted by Gasteiger charge is -2.31. The van der Waals surface area contributed by atoms with E-state index in [1.54, 1.807) is 0 Å². The molecule has 2 unspecified atom stereocenters. The maximum atomic E-state index is 12.0. The summed E-state index contributed by atoms with van der Waals surface area (Å²) in [6.45, 7) is 0.277. The van der Waals surface area contributed by atoms with Crippen LogP contribution < -0.4 is 5.32 Å². The van der Waals surface area contributed by atoms with Gasteiger partial charge < -0.3 is 15.2 Å². The zero-order valence-corrected chi connectivity index (χ0v) is 10.5. The van der Waals surface area contributed by atoms with E-state index in [9.17, 15) is 9.59 Å². The van der Waals surface area contributed by atoms with Gasteiger partial charge in [0.25, 0.3) is 0 Å². The molecule has 0 radical (unpaired) electrons. The minimum atomic E-state index is -1.04. The molecular formula is C14H17NO4. The van der Waals surface area contributed by atoms with E-state index in [1.165, 1.54) is 0 Å². The number of hydrogen-bond donors (Lipinski definition) is 2. The standard InChI is InChI=1S/C14H17NO4/c16-12(17)9-15-14(18)11-7-4-8-19-13(11)10-5-2-1-3-6-10/h1-3,5-6,11,13H,4,7-9H2,(H,15,18)(H,16,17).